The van der Waals surface area contributed by atoms with Gasteiger partial charge in [0.1, 0.15) is 0 Å². The minimum atomic E-state index is 0.283. The zero-order valence-electron chi connectivity index (χ0n) is 18.3. The number of hydrogen-bond donors (Lipinski definition) is 0. The molecule has 0 aliphatic heterocycles. The number of benzene rings is 3. The van der Waals surface area contributed by atoms with Crippen molar-refractivity contribution in [2.24, 2.45) is 4.99 Å². The number of para-hydroxylation sites is 1. The first-order valence-corrected chi connectivity index (χ1v) is 14.7. The fourth-order valence-corrected chi connectivity index (χ4v) is 8.09. The molecule has 6 heteroatoms. The Morgan fingerprint density at radius 3 is 1.85 bits per heavy atom. The molecule has 1 aliphatic rings. The lowest BCUT2D eigenvalue weighted by molar-refractivity contribution is 0.517. The minimum absolute atomic E-state index is 0.283. The molecule has 0 saturated heterocycles. The van der Waals surface area contributed by atoms with Crippen LogP contribution in [0.25, 0.3) is 0 Å². The number of aliphatic imine (C=N–C) groups is 1. The van der Waals surface area contributed by atoms with Crippen molar-refractivity contribution < 1.29 is 0 Å². The molecule has 0 radical (unpaired) electrons. The topological polar surface area (TPSA) is 12.4 Å². The van der Waals surface area contributed by atoms with Crippen LogP contribution in [0.1, 0.15) is 38.5 Å². The van der Waals surface area contributed by atoms with E-state index in [4.69, 9.17) is 28.2 Å². The quantitative estimate of drug-likeness (QED) is 0.124. The molecule has 1 nitrogen and oxygen atoms in total. The van der Waals surface area contributed by atoms with Crippen molar-refractivity contribution in [3.63, 3.8) is 0 Å². The van der Waals surface area contributed by atoms with Crippen molar-refractivity contribution in [3.8, 4) is 0 Å². The largest absolute Gasteiger partial charge is 0.247 e. The van der Waals surface area contributed by atoms with Crippen molar-refractivity contribution in [3.05, 3.63) is 88.9 Å². The summed E-state index contributed by atoms with van der Waals surface area (Å²) in [6, 6.07) is 26.6. The summed E-state index contributed by atoms with van der Waals surface area (Å²) in [6.45, 7) is 0. The normalized spacial score (nSPS) is 15.2. The van der Waals surface area contributed by atoms with E-state index in [9.17, 15) is 0 Å². The molecular formula is C27H27Cl2NS3. The van der Waals surface area contributed by atoms with Crippen LogP contribution in [-0.4, -0.2) is 14.9 Å². The van der Waals surface area contributed by atoms with Gasteiger partial charge in [0, 0.05) is 31.5 Å². The molecule has 4 rings (SSSR count). The Morgan fingerprint density at radius 2 is 1.30 bits per heavy atom. The first kappa shape index (κ1) is 25.1. The maximum Gasteiger partial charge on any atom is 0.0761 e. The summed E-state index contributed by atoms with van der Waals surface area (Å²) in [5.41, 5.74) is 1.03. The van der Waals surface area contributed by atoms with E-state index >= 15 is 0 Å². The second kappa shape index (κ2) is 13.2. The lowest BCUT2D eigenvalue weighted by Crippen LogP contribution is -2.13. The van der Waals surface area contributed by atoms with Gasteiger partial charge in [-0.2, -0.15) is 0 Å². The molecule has 3 aromatic carbocycles. The second-order valence-electron chi connectivity index (χ2n) is 8.00. The Hall–Kier alpha value is -1.04. The van der Waals surface area contributed by atoms with Crippen LogP contribution in [0.2, 0.25) is 10.0 Å². The number of nitrogens with zero attached hydrogens (tertiary/aromatic N) is 1. The molecule has 0 heterocycles. The number of halogens is 2. The Bertz CT molecular complexity index is 970. The van der Waals surface area contributed by atoms with Gasteiger partial charge < -0.3 is 0 Å². The molecular weight excluding hydrogens is 505 g/mol. The lowest BCUT2D eigenvalue weighted by Gasteiger charge is -2.24. The van der Waals surface area contributed by atoms with Gasteiger partial charge in [-0.15, -0.1) is 35.3 Å². The standard InChI is InChI=1S/C27H27Cl2NS3/c28-20-11-15-24(16-12-20)32-27(33-25-17-13-21(29)14-18-25)19-26(30-22-7-3-1-4-8-22)31-23-9-5-2-6-10-23/h1,3-4,7-8,11-18,23,27H,2,5-6,9-10,19H2. The van der Waals surface area contributed by atoms with Gasteiger partial charge in [-0.05, 0) is 73.5 Å². The van der Waals surface area contributed by atoms with Crippen LogP contribution in [0.3, 0.4) is 0 Å². The fraction of sp³-hybridized carbons (Fsp3) is 0.296. The summed E-state index contributed by atoms with van der Waals surface area (Å²) in [4.78, 5) is 7.55. The Kier molecular flexibility index (Phi) is 9.99. The highest BCUT2D eigenvalue weighted by Gasteiger charge is 2.21. The van der Waals surface area contributed by atoms with Gasteiger partial charge in [-0.25, -0.2) is 4.99 Å². The van der Waals surface area contributed by atoms with Crippen LogP contribution in [0.15, 0.2) is 93.6 Å². The summed E-state index contributed by atoms with van der Waals surface area (Å²) in [5.74, 6) is 0. The van der Waals surface area contributed by atoms with E-state index in [1.54, 1.807) is 0 Å². The average molecular weight is 533 g/mol. The highest BCUT2D eigenvalue weighted by Crippen LogP contribution is 2.41. The van der Waals surface area contributed by atoms with E-state index in [0.29, 0.717) is 5.25 Å². The fourth-order valence-electron chi connectivity index (χ4n) is 3.72. The molecule has 33 heavy (non-hydrogen) atoms. The van der Waals surface area contributed by atoms with Crippen molar-refractivity contribution in [2.75, 3.05) is 0 Å². The SMILES string of the molecule is Clc1ccc(SC(CC(=Nc2ccccc2)SC2CCCCC2)Sc2ccc(Cl)cc2)cc1. The third kappa shape index (κ3) is 8.60. The van der Waals surface area contributed by atoms with Crippen LogP contribution in [0.5, 0.6) is 0 Å². The Morgan fingerprint density at radius 1 is 0.758 bits per heavy atom. The predicted octanol–water partition coefficient (Wildman–Crippen LogP) is 10.4. The summed E-state index contributed by atoms with van der Waals surface area (Å²) in [6.07, 6.45) is 7.51. The number of thioether (sulfide) groups is 3. The molecule has 0 aromatic heterocycles. The summed E-state index contributed by atoms with van der Waals surface area (Å²) in [7, 11) is 0. The highest BCUT2D eigenvalue weighted by molar-refractivity contribution is 8.18. The zero-order chi connectivity index (χ0) is 22.9. The van der Waals surface area contributed by atoms with E-state index in [2.05, 4.69) is 48.5 Å². The lowest BCUT2D eigenvalue weighted by atomic mass is 10.0. The molecule has 3 aromatic rings. The van der Waals surface area contributed by atoms with Crippen molar-refractivity contribution in [2.45, 2.75) is 58.1 Å². The third-order valence-corrected chi connectivity index (χ3v) is 9.73. The molecule has 1 aliphatic carbocycles. The van der Waals surface area contributed by atoms with Gasteiger partial charge in [0.2, 0.25) is 0 Å². The van der Waals surface area contributed by atoms with Crippen molar-refractivity contribution in [1.29, 1.82) is 0 Å². The average Bonchev–Trinajstić information content (AvgIpc) is 2.83. The number of hydrogen-bond acceptors (Lipinski definition) is 4. The Balaban J connectivity index is 1.57. The molecule has 172 valence electrons. The van der Waals surface area contributed by atoms with Gasteiger partial charge in [0.15, 0.2) is 0 Å². The van der Waals surface area contributed by atoms with Crippen molar-refractivity contribution in [1.82, 2.24) is 0 Å². The minimum Gasteiger partial charge on any atom is -0.247 e. The van der Waals surface area contributed by atoms with Gasteiger partial charge in [-0.3, -0.25) is 0 Å². The molecule has 0 N–H and O–H groups in total. The number of rotatable bonds is 8. The van der Waals surface area contributed by atoms with Crippen LogP contribution in [0.4, 0.5) is 5.69 Å². The third-order valence-electron chi connectivity index (χ3n) is 5.37. The first-order chi connectivity index (χ1) is 16.1. The molecule has 0 unspecified atom stereocenters. The molecule has 1 fully saturated rings. The van der Waals surface area contributed by atoms with Crippen LogP contribution >= 0.6 is 58.5 Å². The first-order valence-electron chi connectivity index (χ1n) is 11.3. The molecule has 1 saturated carbocycles. The summed E-state index contributed by atoms with van der Waals surface area (Å²) in [5, 5.41) is 3.42. The maximum atomic E-state index is 6.13. The van der Waals surface area contributed by atoms with Crippen LogP contribution < -0.4 is 0 Å². The molecule has 0 atom stereocenters. The van der Waals surface area contributed by atoms with E-state index in [-0.39, 0.29) is 4.58 Å². The zero-order valence-corrected chi connectivity index (χ0v) is 22.3. The van der Waals surface area contributed by atoms with Gasteiger partial charge in [0.25, 0.3) is 0 Å². The van der Waals surface area contributed by atoms with Gasteiger partial charge >= 0.3 is 0 Å². The van der Waals surface area contributed by atoms with E-state index in [0.717, 1.165) is 22.2 Å². The van der Waals surface area contributed by atoms with Gasteiger partial charge in [0.05, 0.1) is 15.3 Å². The van der Waals surface area contributed by atoms with E-state index in [1.165, 1.54) is 46.9 Å². The van der Waals surface area contributed by atoms with Crippen LogP contribution in [0, 0.1) is 0 Å². The monoisotopic (exact) mass is 531 g/mol. The summed E-state index contributed by atoms with van der Waals surface area (Å²) >= 11 is 18.0. The van der Waals surface area contributed by atoms with E-state index < -0.39 is 0 Å². The molecule has 0 amide bonds. The maximum absolute atomic E-state index is 6.13. The van der Waals surface area contributed by atoms with Gasteiger partial charge in [-0.1, -0.05) is 60.7 Å². The highest BCUT2D eigenvalue weighted by atomic mass is 35.5. The predicted molar refractivity (Wildman–Crippen MR) is 151 cm³/mol. The van der Waals surface area contributed by atoms with E-state index in [1.807, 2.05) is 65.6 Å². The van der Waals surface area contributed by atoms with Crippen molar-refractivity contribution >= 4 is 69.2 Å². The second-order valence-corrected chi connectivity index (χ2v) is 13.1. The summed E-state index contributed by atoms with van der Waals surface area (Å²) < 4.78 is 0.283. The smallest absolute Gasteiger partial charge is 0.0761 e. The van der Waals surface area contributed by atoms with Crippen LogP contribution in [-0.2, 0) is 0 Å². The molecule has 0 bridgehead atoms. The Labute approximate surface area is 220 Å². The molecule has 0 spiro atoms.